The lowest BCUT2D eigenvalue weighted by atomic mass is 9.98. The van der Waals surface area contributed by atoms with Gasteiger partial charge in [-0.05, 0) is 23.4 Å². The van der Waals surface area contributed by atoms with Gasteiger partial charge in [-0.1, -0.05) is 12.1 Å². The van der Waals surface area contributed by atoms with E-state index in [1.807, 2.05) is 0 Å². The highest BCUT2D eigenvalue weighted by molar-refractivity contribution is 5.86. The second-order valence-corrected chi connectivity index (χ2v) is 4.70. The Morgan fingerprint density at radius 2 is 2.05 bits per heavy atom. The van der Waals surface area contributed by atoms with E-state index in [0.29, 0.717) is 10.9 Å². The number of aliphatic carboxylic acids is 1. The first-order chi connectivity index (χ1) is 9.79. The first kappa shape index (κ1) is 15.2. The maximum Gasteiger partial charge on any atom is 0.418 e. The number of hydrogen-bond acceptors (Lipinski definition) is 3. The molecule has 1 atom stereocenters. The number of benzene rings is 1. The fourth-order valence-corrected chi connectivity index (χ4v) is 2.10. The molecule has 1 aromatic carbocycles. The van der Waals surface area contributed by atoms with E-state index in [4.69, 9.17) is 10.8 Å². The van der Waals surface area contributed by atoms with Crippen molar-refractivity contribution in [3.63, 3.8) is 0 Å². The normalized spacial score (nSPS) is 13.3. The number of hydrogen-bond donors (Lipinski definition) is 2. The molecule has 0 saturated heterocycles. The summed E-state index contributed by atoms with van der Waals surface area (Å²) < 4.78 is 38.6. The number of nitrogens with zero attached hydrogens (tertiary/aromatic N) is 1. The summed E-state index contributed by atoms with van der Waals surface area (Å²) in [5.74, 6) is -0.965. The summed E-state index contributed by atoms with van der Waals surface area (Å²) in [5, 5.41) is 8.99. The minimum Gasteiger partial charge on any atom is -0.481 e. The monoisotopic (exact) mass is 298 g/mol. The molecule has 0 saturated carbocycles. The molecule has 3 N–H and O–H groups in total. The topological polar surface area (TPSA) is 76.2 Å². The third-order valence-corrected chi connectivity index (χ3v) is 3.19. The second-order valence-electron chi connectivity index (χ2n) is 4.70. The van der Waals surface area contributed by atoms with Crippen molar-refractivity contribution in [2.75, 3.05) is 0 Å². The Hall–Kier alpha value is -2.15. The first-order valence-electron chi connectivity index (χ1n) is 6.21. The van der Waals surface area contributed by atoms with Crippen molar-refractivity contribution in [1.29, 1.82) is 0 Å². The van der Waals surface area contributed by atoms with Crippen LogP contribution in [0, 0.1) is 0 Å². The van der Waals surface area contributed by atoms with Crippen molar-refractivity contribution in [3.8, 4) is 0 Å². The highest BCUT2D eigenvalue weighted by atomic mass is 19.4. The van der Waals surface area contributed by atoms with Crippen molar-refractivity contribution < 1.29 is 23.1 Å². The third kappa shape index (κ3) is 3.49. The highest BCUT2D eigenvalue weighted by Gasteiger charge is 2.32. The van der Waals surface area contributed by atoms with Gasteiger partial charge in [-0.15, -0.1) is 0 Å². The number of alkyl halides is 3. The van der Waals surface area contributed by atoms with E-state index in [-0.39, 0.29) is 18.2 Å². The molecule has 112 valence electrons. The lowest BCUT2D eigenvalue weighted by Crippen LogP contribution is -2.12. The van der Waals surface area contributed by atoms with Crippen molar-refractivity contribution in [3.05, 3.63) is 41.7 Å². The Balaban J connectivity index is 2.37. The van der Waals surface area contributed by atoms with Crippen molar-refractivity contribution >= 4 is 16.7 Å². The van der Waals surface area contributed by atoms with E-state index in [0.717, 1.165) is 6.20 Å². The van der Waals surface area contributed by atoms with E-state index in [1.165, 1.54) is 24.4 Å². The lowest BCUT2D eigenvalue weighted by molar-refractivity contribution is -0.137. The molecule has 0 spiro atoms. The number of carbonyl (C=O) groups is 1. The van der Waals surface area contributed by atoms with Gasteiger partial charge in [0.2, 0.25) is 0 Å². The Morgan fingerprint density at radius 1 is 1.33 bits per heavy atom. The van der Waals surface area contributed by atoms with Gasteiger partial charge in [0.25, 0.3) is 0 Å². The molecule has 1 heterocycles. The lowest BCUT2D eigenvalue weighted by Gasteiger charge is -2.14. The molecule has 0 radical (unpaired) electrons. The van der Waals surface area contributed by atoms with Crippen LogP contribution in [-0.4, -0.2) is 16.1 Å². The van der Waals surface area contributed by atoms with E-state index in [2.05, 4.69) is 4.98 Å². The molecule has 0 aliphatic heterocycles. The summed E-state index contributed by atoms with van der Waals surface area (Å²) in [6.45, 7) is 0. The van der Waals surface area contributed by atoms with Crippen LogP contribution in [0.25, 0.3) is 10.8 Å². The fourth-order valence-electron chi connectivity index (χ4n) is 2.10. The summed E-state index contributed by atoms with van der Waals surface area (Å²) in [7, 11) is 0. The van der Waals surface area contributed by atoms with E-state index in [1.54, 1.807) is 0 Å². The van der Waals surface area contributed by atoms with Crippen LogP contribution in [0.5, 0.6) is 0 Å². The van der Waals surface area contributed by atoms with E-state index < -0.39 is 23.8 Å². The number of nitrogens with two attached hydrogens (primary N) is 1. The molecule has 1 aromatic heterocycles. The molecule has 0 aliphatic carbocycles. The van der Waals surface area contributed by atoms with Gasteiger partial charge in [-0.3, -0.25) is 9.78 Å². The first-order valence-corrected chi connectivity index (χ1v) is 6.21. The number of aromatic nitrogens is 1. The molecule has 0 aliphatic rings. The summed E-state index contributed by atoms with van der Waals surface area (Å²) in [6.07, 6.45) is -2.24. The molecular formula is C14H13F3N2O2. The molecule has 7 heteroatoms. The van der Waals surface area contributed by atoms with Gasteiger partial charge in [0, 0.05) is 30.2 Å². The number of pyridine rings is 1. The molecule has 2 aromatic rings. The Morgan fingerprint density at radius 3 is 2.67 bits per heavy atom. The zero-order valence-electron chi connectivity index (χ0n) is 10.9. The average Bonchev–Trinajstić information content (AvgIpc) is 2.42. The van der Waals surface area contributed by atoms with Crippen molar-refractivity contribution in [2.45, 2.75) is 25.1 Å². The number of carboxylic acids is 1. The van der Waals surface area contributed by atoms with Crippen LogP contribution in [0.3, 0.4) is 0 Å². The minimum absolute atomic E-state index is 0.0479. The number of fused-ring (bicyclic) bond motifs is 1. The average molecular weight is 298 g/mol. The predicted octanol–water partition coefficient (Wildman–Crippen LogP) is 3.12. The fraction of sp³-hybridized carbons (Fsp3) is 0.286. The van der Waals surface area contributed by atoms with Crippen LogP contribution < -0.4 is 5.73 Å². The molecule has 0 amide bonds. The zero-order valence-corrected chi connectivity index (χ0v) is 10.9. The Labute approximate surface area is 118 Å². The highest BCUT2D eigenvalue weighted by Crippen LogP contribution is 2.34. The summed E-state index contributed by atoms with van der Waals surface area (Å²) >= 11 is 0. The van der Waals surface area contributed by atoms with Gasteiger partial charge in [-0.25, -0.2) is 0 Å². The summed E-state index contributed by atoms with van der Waals surface area (Å²) in [4.78, 5) is 14.1. The standard InChI is InChI=1S/C14H13F3N2O2/c15-14(16,17)11-7-19-6-9-5-8(1-2-10(9)11)12(18)3-4-13(20)21/h1-2,5-7,12H,3-4,18H2,(H,20,21). The van der Waals surface area contributed by atoms with Gasteiger partial charge >= 0.3 is 12.1 Å². The van der Waals surface area contributed by atoms with Gasteiger partial charge in [0.05, 0.1) is 5.56 Å². The van der Waals surface area contributed by atoms with Crippen molar-refractivity contribution in [2.24, 2.45) is 5.73 Å². The van der Waals surface area contributed by atoms with Crippen LogP contribution in [0.2, 0.25) is 0 Å². The van der Waals surface area contributed by atoms with Crippen LogP contribution in [0.15, 0.2) is 30.6 Å². The smallest absolute Gasteiger partial charge is 0.418 e. The molecular weight excluding hydrogens is 285 g/mol. The molecule has 4 nitrogen and oxygen atoms in total. The van der Waals surface area contributed by atoms with Gasteiger partial charge in [-0.2, -0.15) is 13.2 Å². The molecule has 21 heavy (non-hydrogen) atoms. The second kappa shape index (κ2) is 5.69. The number of carboxylic acid groups (broad SMARTS) is 1. The SMILES string of the molecule is NC(CCC(=O)O)c1ccc2c(C(F)(F)F)cncc2c1. The maximum atomic E-state index is 12.9. The molecule has 1 unspecified atom stereocenters. The van der Waals surface area contributed by atoms with Crippen LogP contribution in [0.4, 0.5) is 13.2 Å². The van der Waals surface area contributed by atoms with Crippen LogP contribution in [0.1, 0.15) is 30.0 Å². The molecule has 2 rings (SSSR count). The number of rotatable bonds is 4. The third-order valence-electron chi connectivity index (χ3n) is 3.19. The summed E-state index contributed by atoms with van der Waals surface area (Å²) in [5.41, 5.74) is 5.64. The molecule has 0 fully saturated rings. The largest absolute Gasteiger partial charge is 0.481 e. The quantitative estimate of drug-likeness (QED) is 0.909. The van der Waals surface area contributed by atoms with Crippen LogP contribution >= 0.6 is 0 Å². The Kier molecular flexibility index (Phi) is 4.13. The zero-order chi connectivity index (χ0) is 15.6. The van der Waals surface area contributed by atoms with E-state index in [9.17, 15) is 18.0 Å². The van der Waals surface area contributed by atoms with Gasteiger partial charge in [0.1, 0.15) is 0 Å². The minimum atomic E-state index is -4.47. The van der Waals surface area contributed by atoms with Gasteiger partial charge < -0.3 is 10.8 Å². The number of halogens is 3. The molecule has 0 bridgehead atoms. The van der Waals surface area contributed by atoms with Crippen molar-refractivity contribution in [1.82, 2.24) is 4.98 Å². The van der Waals surface area contributed by atoms with Crippen LogP contribution in [-0.2, 0) is 11.0 Å². The Bertz CT molecular complexity index is 671. The maximum absolute atomic E-state index is 12.9. The van der Waals surface area contributed by atoms with E-state index >= 15 is 0 Å². The summed E-state index contributed by atoms with van der Waals surface area (Å²) in [6, 6.07) is 3.81. The predicted molar refractivity (Wildman–Crippen MR) is 70.5 cm³/mol. The van der Waals surface area contributed by atoms with Gasteiger partial charge in [0.15, 0.2) is 0 Å².